The molecule has 36 heavy (non-hydrogen) atoms. The zero-order chi connectivity index (χ0) is 25.1. The second kappa shape index (κ2) is 8.19. The summed E-state index contributed by atoms with van der Waals surface area (Å²) in [6.07, 6.45) is 1.64. The third kappa shape index (κ3) is 3.28. The average molecular weight is 494 g/mol. The fourth-order valence-electron chi connectivity index (χ4n) is 5.30. The second-order valence-electron chi connectivity index (χ2n) is 8.91. The minimum atomic E-state index is -1.35. The van der Waals surface area contributed by atoms with E-state index in [1.54, 1.807) is 6.07 Å². The topological polar surface area (TPSA) is 146 Å². The first kappa shape index (κ1) is 22.3. The number of aromatic amines is 1. The zero-order valence-electron chi connectivity index (χ0n) is 18.7. The van der Waals surface area contributed by atoms with Gasteiger partial charge in [0.25, 0.3) is 5.56 Å². The van der Waals surface area contributed by atoms with E-state index in [1.165, 1.54) is 29.3 Å². The summed E-state index contributed by atoms with van der Waals surface area (Å²) in [6.45, 7) is 0.0506. The Morgan fingerprint density at radius 1 is 1.31 bits per heavy atom. The zero-order valence-corrected chi connectivity index (χ0v) is 18.7. The second-order valence-corrected chi connectivity index (χ2v) is 8.91. The van der Waals surface area contributed by atoms with Crippen LogP contribution in [0.4, 0.5) is 20.3 Å². The third-order valence-corrected chi connectivity index (χ3v) is 6.87. The number of aromatic nitrogens is 2. The molecule has 6 rings (SSSR count). The number of carbonyl (C=O) groups is 1. The van der Waals surface area contributed by atoms with Gasteiger partial charge in [-0.1, -0.05) is 6.07 Å². The number of carboxylic acid groups (broad SMARTS) is 1. The highest BCUT2D eigenvalue weighted by molar-refractivity contribution is 5.87. The van der Waals surface area contributed by atoms with Crippen molar-refractivity contribution in [3.8, 4) is 5.75 Å². The molecule has 184 valence electrons. The molecule has 3 unspecified atom stereocenters. The lowest BCUT2D eigenvalue weighted by Crippen LogP contribution is -2.42. The summed E-state index contributed by atoms with van der Waals surface area (Å²) < 4.78 is 36.1. The molecule has 0 spiro atoms. The molecule has 3 aliphatic heterocycles. The molecule has 12 heteroatoms. The van der Waals surface area contributed by atoms with Gasteiger partial charge < -0.3 is 25.5 Å². The van der Waals surface area contributed by atoms with Crippen molar-refractivity contribution in [2.75, 3.05) is 11.5 Å². The predicted octanol–water partition coefficient (Wildman–Crippen LogP) is 3.03. The van der Waals surface area contributed by atoms with Gasteiger partial charge in [0.2, 0.25) is 5.95 Å². The van der Waals surface area contributed by atoms with Gasteiger partial charge in [0.05, 0.1) is 12.5 Å². The summed E-state index contributed by atoms with van der Waals surface area (Å²) in [4.78, 5) is 33.3. The SMILES string of the molecule is NC1N=Nc2nc(F)c(CN3c4cc(F)c5c(c4C(c4ccc[nH]c4=O)C3C(=O)O)OCCC5)cc21. The number of azo groups is 1. The molecule has 0 aliphatic carbocycles. The van der Waals surface area contributed by atoms with E-state index < -0.39 is 41.4 Å². The van der Waals surface area contributed by atoms with Crippen LogP contribution in [0, 0.1) is 11.8 Å². The largest absolute Gasteiger partial charge is 0.493 e. The van der Waals surface area contributed by atoms with E-state index in [0.717, 1.165) is 0 Å². The minimum Gasteiger partial charge on any atom is -0.493 e. The van der Waals surface area contributed by atoms with Gasteiger partial charge in [-0.15, -0.1) is 5.11 Å². The molecule has 0 radical (unpaired) electrons. The number of fused-ring (bicyclic) bond motifs is 4. The standard InChI is InChI=1S/C24H20F2N6O4/c25-14-8-15-17(19-11(14)4-2-6-36-19)16(12-3-1-5-28-23(12)33)18(24(34)35)32(15)9-10-7-13-21(27)30-31-22(13)29-20(10)26/h1,3,5,7-8,16,18,21H,2,4,6,9,27H2,(H,28,33)(H,34,35). The van der Waals surface area contributed by atoms with Crippen LogP contribution in [0.5, 0.6) is 5.75 Å². The van der Waals surface area contributed by atoms with Crippen LogP contribution in [-0.4, -0.2) is 33.7 Å². The van der Waals surface area contributed by atoms with Crippen LogP contribution in [-0.2, 0) is 17.8 Å². The first-order valence-corrected chi connectivity index (χ1v) is 11.4. The summed E-state index contributed by atoms with van der Waals surface area (Å²) >= 11 is 0. The van der Waals surface area contributed by atoms with Crippen LogP contribution < -0.4 is 20.9 Å². The number of hydrogen-bond acceptors (Lipinski definition) is 8. The fraction of sp³-hybridized carbons (Fsp3) is 0.292. The lowest BCUT2D eigenvalue weighted by Gasteiger charge is -2.27. The van der Waals surface area contributed by atoms with Crippen LogP contribution in [0.15, 0.2) is 45.5 Å². The number of nitrogens with two attached hydrogens (primary N) is 1. The van der Waals surface area contributed by atoms with Gasteiger partial charge in [0.15, 0.2) is 5.82 Å². The van der Waals surface area contributed by atoms with E-state index in [-0.39, 0.29) is 34.9 Å². The van der Waals surface area contributed by atoms with Crippen LogP contribution in [0.1, 0.15) is 46.3 Å². The number of hydrogen-bond donors (Lipinski definition) is 3. The summed E-state index contributed by atoms with van der Waals surface area (Å²) in [7, 11) is 0. The molecule has 10 nitrogen and oxygen atoms in total. The minimum absolute atomic E-state index is 0.0374. The number of aliphatic carboxylic acids is 1. The van der Waals surface area contributed by atoms with Gasteiger partial charge in [-0.25, -0.2) is 9.18 Å². The van der Waals surface area contributed by atoms with E-state index >= 15 is 4.39 Å². The smallest absolute Gasteiger partial charge is 0.327 e. The first-order chi connectivity index (χ1) is 17.3. The van der Waals surface area contributed by atoms with E-state index in [9.17, 15) is 19.1 Å². The molecule has 1 aromatic carbocycles. The molecule has 2 aromatic heterocycles. The third-order valence-electron chi connectivity index (χ3n) is 6.87. The summed E-state index contributed by atoms with van der Waals surface area (Å²) in [5, 5.41) is 17.9. The molecule has 0 fully saturated rings. The molecule has 0 saturated heterocycles. The van der Waals surface area contributed by atoms with E-state index in [4.69, 9.17) is 10.5 Å². The lowest BCUT2D eigenvalue weighted by molar-refractivity contribution is -0.138. The summed E-state index contributed by atoms with van der Waals surface area (Å²) in [5.74, 6) is -3.38. The highest BCUT2D eigenvalue weighted by Gasteiger charge is 2.48. The predicted molar refractivity (Wildman–Crippen MR) is 122 cm³/mol. The van der Waals surface area contributed by atoms with Gasteiger partial charge in [0.1, 0.15) is 23.8 Å². The Morgan fingerprint density at radius 2 is 2.14 bits per heavy atom. The van der Waals surface area contributed by atoms with Crippen molar-refractivity contribution in [2.24, 2.45) is 16.0 Å². The number of ether oxygens (including phenoxy) is 1. The molecule has 3 atom stereocenters. The lowest BCUT2D eigenvalue weighted by atomic mass is 9.86. The highest BCUT2D eigenvalue weighted by atomic mass is 19.1. The van der Waals surface area contributed by atoms with Crippen LogP contribution in [0.2, 0.25) is 0 Å². The number of nitrogens with zero attached hydrogens (tertiary/aromatic N) is 4. The van der Waals surface area contributed by atoms with Gasteiger partial charge in [0, 0.05) is 46.2 Å². The van der Waals surface area contributed by atoms with Gasteiger partial charge in [-0.2, -0.15) is 14.5 Å². The summed E-state index contributed by atoms with van der Waals surface area (Å²) in [6, 6.07) is 4.45. The van der Waals surface area contributed by atoms with Crippen molar-refractivity contribution in [1.29, 1.82) is 0 Å². The number of halogens is 2. The molecule has 0 bridgehead atoms. The molecule has 4 N–H and O–H groups in total. The first-order valence-electron chi connectivity index (χ1n) is 11.4. The van der Waals surface area contributed by atoms with Gasteiger partial charge in [-0.3, -0.25) is 4.79 Å². The van der Waals surface area contributed by atoms with Gasteiger partial charge >= 0.3 is 5.97 Å². The van der Waals surface area contributed by atoms with Crippen molar-refractivity contribution in [3.05, 3.63) is 80.4 Å². The molecular weight excluding hydrogens is 474 g/mol. The molecule has 3 aliphatic rings. The van der Waals surface area contributed by atoms with Crippen molar-refractivity contribution in [2.45, 2.75) is 37.5 Å². The normalized spacial score (nSPS) is 21.6. The Hall–Kier alpha value is -4.19. The van der Waals surface area contributed by atoms with E-state index in [0.29, 0.717) is 36.1 Å². The Morgan fingerprint density at radius 3 is 2.92 bits per heavy atom. The van der Waals surface area contributed by atoms with Crippen molar-refractivity contribution in [1.82, 2.24) is 9.97 Å². The average Bonchev–Trinajstić information content (AvgIpc) is 3.37. The Bertz CT molecular complexity index is 1510. The number of carboxylic acids is 1. The number of nitrogens with one attached hydrogen (secondary N) is 1. The van der Waals surface area contributed by atoms with Gasteiger partial charge in [-0.05, 0) is 31.0 Å². The maximum absolute atomic E-state index is 15.2. The number of rotatable bonds is 4. The van der Waals surface area contributed by atoms with Crippen LogP contribution in [0.3, 0.4) is 0 Å². The number of anilines is 1. The van der Waals surface area contributed by atoms with E-state index in [2.05, 4.69) is 20.2 Å². The monoisotopic (exact) mass is 494 g/mol. The van der Waals surface area contributed by atoms with Crippen molar-refractivity contribution >= 4 is 17.5 Å². The molecule has 0 saturated carbocycles. The number of H-pyrrole nitrogens is 1. The Balaban J connectivity index is 1.56. The number of benzene rings is 1. The maximum Gasteiger partial charge on any atom is 0.327 e. The Kier molecular flexibility index (Phi) is 5.07. The van der Waals surface area contributed by atoms with Crippen LogP contribution >= 0.6 is 0 Å². The highest BCUT2D eigenvalue weighted by Crippen LogP contribution is 2.52. The fourth-order valence-corrected chi connectivity index (χ4v) is 5.30. The number of pyridine rings is 2. The quantitative estimate of drug-likeness (QED) is 0.473. The molecule has 5 heterocycles. The van der Waals surface area contributed by atoms with Crippen LogP contribution in [0.25, 0.3) is 0 Å². The molecule has 0 amide bonds. The van der Waals surface area contributed by atoms with E-state index in [1.807, 2.05) is 0 Å². The molecular formula is C24H20F2N6O4. The Labute approximate surface area is 202 Å². The molecule has 3 aromatic rings. The van der Waals surface area contributed by atoms with Crippen molar-refractivity contribution < 1.29 is 23.4 Å². The summed E-state index contributed by atoms with van der Waals surface area (Å²) in [5.41, 5.74) is 6.99. The van der Waals surface area contributed by atoms with Crippen molar-refractivity contribution in [3.63, 3.8) is 0 Å². The maximum atomic E-state index is 15.2.